The summed E-state index contributed by atoms with van der Waals surface area (Å²) in [6.07, 6.45) is 0.530. The number of benzene rings is 1. The zero-order chi connectivity index (χ0) is 21.6. The number of carbonyl (C=O) groups is 1. The largest absolute Gasteiger partial charge is 0.416 e. The van der Waals surface area contributed by atoms with E-state index in [1.54, 1.807) is 0 Å². The first kappa shape index (κ1) is 20.9. The number of aromatic nitrogens is 2. The van der Waals surface area contributed by atoms with Crippen LogP contribution >= 0.6 is 22.9 Å². The summed E-state index contributed by atoms with van der Waals surface area (Å²) in [6.45, 7) is 1.49. The molecule has 1 aliphatic rings. The van der Waals surface area contributed by atoms with Crippen molar-refractivity contribution in [3.05, 3.63) is 55.9 Å². The Hall–Kier alpha value is -2.39. The molecule has 2 heterocycles. The molecule has 1 aromatic carbocycles. The zero-order valence-electron chi connectivity index (χ0n) is 15.8. The van der Waals surface area contributed by atoms with Crippen molar-refractivity contribution in [2.45, 2.75) is 44.8 Å². The van der Waals surface area contributed by atoms with Gasteiger partial charge in [-0.25, -0.2) is 4.98 Å². The van der Waals surface area contributed by atoms with Crippen molar-refractivity contribution in [1.82, 2.24) is 9.55 Å². The first-order valence-electron chi connectivity index (χ1n) is 9.36. The van der Waals surface area contributed by atoms with E-state index in [0.717, 1.165) is 54.3 Å². The molecule has 0 saturated carbocycles. The third-order valence-corrected chi connectivity index (χ3v) is 6.78. The van der Waals surface area contributed by atoms with Crippen LogP contribution in [0.4, 0.5) is 18.9 Å². The lowest BCUT2D eigenvalue weighted by molar-refractivity contribution is -0.137. The molecule has 1 amide bonds. The summed E-state index contributed by atoms with van der Waals surface area (Å²) in [5.74, 6) is -0.663. The second-order valence-electron chi connectivity index (χ2n) is 7.21. The van der Waals surface area contributed by atoms with Crippen molar-refractivity contribution in [1.29, 1.82) is 0 Å². The van der Waals surface area contributed by atoms with Crippen LogP contribution in [0.15, 0.2) is 29.3 Å². The van der Waals surface area contributed by atoms with Gasteiger partial charge in [-0.2, -0.15) is 13.2 Å². The first-order valence-corrected chi connectivity index (χ1v) is 10.5. The van der Waals surface area contributed by atoms with Crippen LogP contribution in [0.3, 0.4) is 0 Å². The molecule has 0 saturated heterocycles. The van der Waals surface area contributed by atoms with Crippen LogP contribution in [-0.4, -0.2) is 15.5 Å². The Morgan fingerprint density at radius 3 is 2.77 bits per heavy atom. The number of hydrogen-bond acceptors (Lipinski definition) is 4. The van der Waals surface area contributed by atoms with Crippen LogP contribution in [0.5, 0.6) is 0 Å². The molecule has 0 fully saturated rings. The maximum absolute atomic E-state index is 13.1. The number of halogens is 4. The summed E-state index contributed by atoms with van der Waals surface area (Å²) in [4.78, 5) is 31.9. The molecule has 158 valence electrons. The highest BCUT2D eigenvalue weighted by atomic mass is 35.5. The van der Waals surface area contributed by atoms with Gasteiger partial charge in [0.15, 0.2) is 0 Å². The van der Waals surface area contributed by atoms with Crippen LogP contribution in [0, 0.1) is 0 Å². The van der Waals surface area contributed by atoms with Crippen molar-refractivity contribution in [3.63, 3.8) is 0 Å². The minimum atomic E-state index is -4.57. The van der Waals surface area contributed by atoms with E-state index >= 15 is 0 Å². The molecule has 3 aromatic rings. The SMILES string of the molecule is CC(C(=O)Nc1cc(C(F)(F)F)ccc1Cl)n1cnc2sc3c(c2c1=O)CCCC3. The predicted octanol–water partition coefficient (Wildman–Crippen LogP) is 5.21. The van der Waals surface area contributed by atoms with Crippen molar-refractivity contribution in [2.75, 3.05) is 5.32 Å². The highest BCUT2D eigenvalue weighted by molar-refractivity contribution is 7.18. The van der Waals surface area contributed by atoms with Crippen LogP contribution in [-0.2, 0) is 23.8 Å². The average molecular weight is 456 g/mol. The second kappa shape index (κ2) is 7.70. The van der Waals surface area contributed by atoms with Gasteiger partial charge in [0.1, 0.15) is 10.9 Å². The highest BCUT2D eigenvalue weighted by Crippen LogP contribution is 2.35. The molecule has 0 radical (unpaired) electrons. The monoisotopic (exact) mass is 455 g/mol. The quantitative estimate of drug-likeness (QED) is 0.589. The van der Waals surface area contributed by atoms with Gasteiger partial charge in [-0.15, -0.1) is 11.3 Å². The number of fused-ring (bicyclic) bond motifs is 3. The number of rotatable bonds is 3. The van der Waals surface area contributed by atoms with Gasteiger partial charge in [0.2, 0.25) is 5.91 Å². The van der Waals surface area contributed by atoms with Gasteiger partial charge in [0.25, 0.3) is 5.56 Å². The summed E-state index contributed by atoms with van der Waals surface area (Å²) in [7, 11) is 0. The summed E-state index contributed by atoms with van der Waals surface area (Å²) in [6, 6.07) is 1.69. The van der Waals surface area contributed by atoms with Gasteiger partial charge >= 0.3 is 6.18 Å². The maximum Gasteiger partial charge on any atom is 0.416 e. The lowest BCUT2D eigenvalue weighted by Crippen LogP contribution is -2.32. The Labute approximate surface area is 178 Å². The van der Waals surface area contributed by atoms with Crippen molar-refractivity contribution in [3.8, 4) is 0 Å². The summed E-state index contributed by atoms with van der Waals surface area (Å²) < 4.78 is 40.1. The van der Waals surface area contributed by atoms with E-state index < -0.39 is 23.7 Å². The summed E-state index contributed by atoms with van der Waals surface area (Å²) in [5.41, 5.74) is -0.419. The molecular weight excluding hydrogens is 439 g/mol. The molecule has 1 unspecified atom stereocenters. The Morgan fingerprint density at radius 2 is 2.03 bits per heavy atom. The van der Waals surface area contributed by atoms with E-state index in [1.165, 1.54) is 29.2 Å². The smallest absolute Gasteiger partial charge is 0.323 e. The van der Waals surface area contributed by atoms with E-state index in [4.69, 9.17) is 11.6 Å². The van der Waals surface area contributed by atoms with Crippen LogP contribution < -0.4 is 10.9 Å². The molecule has 1 N–H and O–H groups in total. The fraction of sp³-hybridized carbons (Fsp3) is 0.350. The summed E-state index contributed by atoms with van der Waals surface area (Å²) >= 11 is 7.46. The Morgan fingerprint density at radius 1 is 1.30 bits per heavy atom. The molecule has 10 heteroatoms. The topological polar surface area (TPSA) is 64.0 Å². The number of alkyl halides is 3. The molecule has 5 nitrogen and oxygen atoms in total. The third-order valence-electron chi connectivity index (χ3n) is 5.25. The molecular formula is C20H17ClF3N3O2S. The molecule has 2 aromatic heterocycles. The van der Waals surface area contributed by atoms with Crippen LogP contribution in [0.1, 0.15) is 41.8 Å². The molecule has 0 bridgehead atoms. The lowest BCUT2D eigenvalue weighted by Gasteiger charge is -2.17. The highest BCUT2D eigenvalue weighted by Gasteiger charge is 2.31. The second-order valence-corrected chi connectivity index (χ2v) is 8.70. The predicted molar refractivity (Wildman–Crippen MR) is 110 cm³/mol. The van der Waals surface area contributed by atoms with Gasteiger partial charge in [0.05, 0.1) is 28.0 Å². The fourth-order valence-corrected chi connectivity index (χ4v) is 4.98. The van der Waals surface area contributed by atoms with E-state index in [0.29, 0.717) is 10.2 Å². The normalized spacial score (nSPS) is 15.1. The molecule has 0 spiro atoms. The molecule has 1 aliphatic carbocycles. The third kappa shape index (κ3) is 3.72. The van der Waals surface area contributed by atoms with Gasteiger partial charge in [0, 0.05) is 4.88 Å². The summed E-state index contributed by atoms with van der Waals surface area (Å²) in [5, 5.41) is 2.90. The Balaban J connectivity index is 1.66. The Kier molecular flexibility index (Phi) is 5.36. The minimum absolute atomic E-state index is 0.0311. The van der Waals surface area contributed by atoms with Gasteiger partial charge in [-0.05, 0) is 56.4 Å². The molecule has 0 aliphatic heterocycles. The number of nitrogens with one attached hydrogen (secondary N) is 1. The number of anilines is 1. The number of carbonyl (C=O) groups excluding carboxylic acids is 1. The van der Waals surface area contributed by atoms with Crippen molar-refractivity contribution in [2.24, 2.45) is 0 Å². The first-order chi connectivity index (χ1) is 14.2. The molecule has 4 rings (SSSR count). The maximum atomic E-state index is 13.1. The van der Waals surface area contributed by atoms with E-state index in [-0.39, 0.29) is 16.3 Å². The lowest BCUT2D eigenvalue weighted by atomic mass is 9.97. The number of thiophene rings is 1. The molecule has 1 atom stereocenters. The average Bonchev–Trinajstić information content (AvgIpc) is 3.08. The number of aryl methyl sites for hydroxylation is 2. The zero-order valence-corrected chi connectivity index (χ0v) is 17.4. The van der Waals surface area contributed by atoms with E-state index in [9.17, 15) is 22.8 Å². The number of hydrogen-bond donors (Lipinski definition) is 1. The Bertz CT molecular complexity index is 1200. The van der Waals surface area contributed by atoms with E-state index in [2.05, 4.69) is 10.3 Å². The van der Waals surface area contributed by atoms with Gasteiger partial charge in [-0.1, -0.05) is 11.6 Å². The van der Waals surface area contributed by atoms with Crippen LogP contribution in [0.2, 0.25) is 5.02 Å². The fourth-order valence-electron chi connectivity index (χ4n) is 3.60. The van der Waals surface area contributed by atoms with E-state index in [1.807, 2.05) is 0 Å². The standard InChI is InChI=1S/C20H17ClF3N3O2S/c1-10(17(28)26-14-8-11(20(22,23)24)6-7-13(14)21)27-9-25-18-16(19(27)29)12-4-2-3-5-15(12)30-18/h6-10H,2-5H2,1H3,(H,26,28). The van der Waals surface area contributed by atoms with Gasteiger partial charge in [-0.3, -0.25) is 14.2 Å². The minimum Gasteiger partial charge on any atom is -0.323 e. The van der Waals surface area contributed by atoms with Crippen molar-refractivity contribution >= 4 is 44.7 Å². The van der Waals surface area contributed by atoms with Crippen molar-refractivity contribution < 1.29 is 18.0 Å². The van der Waals surface area contributed by atoms with Gasteiger partial charge < -0.3 is 5.32 Å². The number of amides is 1. The molecule has 30 heavy (non-hydrogen) atoms. The van der Waals surface area contributed by atoms with Crippen LogP contribution in [0.25, 0.3) is 10.2 Å². The number of nitrogens with zero attached hydrogens (tertiary/aromatic N) is 2.